The van der Waals surface area contributed by atoms with E-state index in [1.54, 1.807) is 24.1 Å². The summed E-state index contributed by atoms with van der Waals surface area (Å²) in [5.74, 6) is -0.420. The van der Waals surface area contributed by atoms with Crippen LogP contribution in [0.15, 0.2) is 24.3 Å². The van der Waals surface area contributed by atoms with Crippen molar-refractivity contribution in [1.29, 1.82) is 0 Å². The van der Waals surface area contributed by atoms with Crippen LogP contribution in [0.2, 0.25) is 0 Å². The van der Waals surface area contributed by atoms with Crippen molar-refractivity contribution in [2.45, 2.75) is 6.54 Å². The minimum absolute atomic E-state index is 0.0420. The first kappa shape index (κ1) is 17.4. The van der Waals surface area contributed by atoms with E-state index < -0.39 is 0 Å². The normalized spacial score (nSPS) is 14.8. The van der Waals surface area contributed by atoms with Gasteiger partial charge in [-0.2, -0.15) is 0 Å². The van der Waals surface area contributed by atoms with Gasteiger partial charge in [-0.3, -0.25) is 14.5 Å². The van der Waals surface area contributed by atoms with Gasteiger partial charge in [0.2, 0.25) is 11.8 Å². The predicted octanol–water partition coefficient (Wildman–Crippen LogP) is -0.194. The summed E-state index contributed by atoms with van der Waals surface area (Å²) in [5.41, 5.74) is 0.833. The molecule has 0 radical (unpaired) electrons. The first-order chi connectivity index (χ1) is 11.0. The van der Waals surface area contributed by atoms with Gasteiger partial charge in [-0.25, -0.2) is 4.39 Å². The summed E-state index contributed by atoms with van der Waals surface area (Å²) in [6.07, 6.45) is 0. The lowest BCUT2D eigenvalue weighted by atomic mass is 10.2. The Bertz CT molecular complexity index is 529. The quantitative estimate of drug-likeness (QED) is 0.762. The molecular formula is C16H23FN4O2. The van der Waals surface area contributed by atoms with Gasteiger partial charge in [0.25, 0.3) is 0 Å². The van der Waals surface area contributed by atoms with Crippen LogP contribution in [0.1, 0.15) is 5.56 Å². The maximum atomic E-state index is 12.8. The SMILES string of the molecule is CN(CC(=O)NCc1ccc(F)cc1)CC(=O)N1CCNCC1. The van der Waals surface area contributed by atoms with Crippen molar-refractivity contribution >= 4 is 11.8 Å². The van der Waals surface area contributed by atoms with E-state index in [0.29, 0.717) is 19.6 Å². The number of piperazine rings is 1. The van der Waals surface area contributed by atoms with Gasteiger partial charge in [0, 0.05) is 32.7 Å². The molecule has 2 amide bonds. The van der Waals surface area contributed by atoms with Gasteiger partial charge in [-0.15, -0.1) is 0 Å². The molecule has 0 atom stereocenters. The minimum Gasteiger partial charge on any atom is -0.351 e. The Kier molecular flexibility index (Phi) is 6.49. The molecule has 1 aromatic carbocycles. The molecule has 1 aliphatic rings. The van der Waals surface area contributed by atoms with Crippen LogP contribution >= 0.6 is 0 Å². The van der Waals surface area contributed by atoms with Crippen molar-refractivity contribution in [3.05, 3.63) is 35.6 Å². The number of amides is 2. The lowest BCUT2D eigenvalue weighted by Crippen LogP contribution is -2.50. The second-order valence-electron chi connectivity index (χ2n) is 5.71. The highest BCUT2D eigenvalue weighted by atomic mass is 19.1. The second kappa shape index (κ2) is 8.59. The van der Waals surface area contributed by atoms with Crippen LogP contribution in [-0.2, 0) is 16.1 Å². The lowest BCUT2D eigenvalue weighted by Gasteiger charge is -2.29. The molecule has 6 nitrogen and oxygen atoms in total. The molecule has 0 aliphatic carbocycles. The van der Waals surface area contributed by atoms with E-state index >= 15 is 0 Å². The van der Waals surface area contributed by atoms with Crippen LogP contribution in [-0.4, -0.2) is 67.9 Å². The Labute approximate surface area is 135 Å². The van der Waals surface area contributed by atoms with Gasteiger partial charge >= 0.3 is 0 Å². The fraction of sp³-hybridized carbons (Fsp3) is 0.500. The van der Waals surface area contributed by atoms with Gasteiger partial charge in [0.15, 0.2) is 0 Å². The number of carbonyl (C=O) groups excluding carboxylic acids is 2. The Morgan fingerprint density at radius 2 is 1.87 bits per heavy atom. The number of halogens is 1. The van der Waals surface area contributed by atoms with Crippen LogP contribution in [0.5, 0.6) is 0 Å². The summed E-state index contributed by atoms with van der Waals surface area (Å²) in [4.78, 5) is 27.5. The van der Waals surface area contributed by atoms with Gasteiger partial charge in [-0.1, -0.05) is 12.1 Å². The van der Waals surface area contributed by atoms with Crippen LogP contribution in [0.4, 0.5) is 4.39 Å². The highest BCUT2D eigenvalue weighted by Gasteiger charge is 2.18. The molecule has 1 saturated heterocycles. The Morgan fingerprint density at radius 3 is 2.52 bits per heavy atom. The Hall–Kier alpha value is -1.99. The fourth-order valence-corrected chi connectivity index (χ4v) is 2.40. The van der Waals surface area contributed by atoms with E-state index in [2.05, 4.69) is 10.6 Å². The van der Waals surface area contributed by atoms with Crippen molar-refractivity contribution in [2.75, 3.05) is 46.3 Å². The smallest absolute Gasteiger partial charge is 0.236 e. The number of nitrogens with one attached hydrogen (secondary N) is 2. The first-order valence-corrected chi connectivity index (χ1v) is 7.73. The zero-order valence-electron chi connectivity index (χ0n) is 13.3. The van der Waals surface area contributed by atoms with E-state index in [4.69, 9.17) is 0 Å². The third-order valence-corrected chi connectivity index (χ3v) is 3.69. The molecule has 1 heterocycles. The molecule has 0 unspecified atom stereocenters. The lowest BCUT2D eigenvalue weighted by molar-refractivity contribution is -0.133. The van der Waals surface area contributed by atoms with Crippen LogP contribution in [0.3, 0.4) is 0 Å². The standard InChI is InChI=1S/C16H23FN4O2/c1-20(12-16(23)21-8-6-18-7-9-21)11-15(22)19-10-13-2-4-14(17)5-3-13/h2-5,18H,6-12H2,1H3,(H,19,22). The monoisotopic (exact) mass is 322 g/mol. The van der Waals surface area contributed by atoms with Crippen molar-refractivity contribution in [3.63, 3.8) is 0 Å². The summed E-state index contributed by atoms with van der Waals surface area (Å²) in [6, 6.07) is 5.99. The first-order valence-electron chi connectivity index (χ1n) is 7.73. The molecule has 0 bridgehead atoms. The van der Waals surface area contributed by atoms with Crippen LogP contribution in [0.25, 0.3) is 0 Å². The summed E-state index contributed by atoms with van der Waals surface area (Å²) >= 11 is 0. The topological polar surface area (TPSA) is 64.7 Å². The molecule has 0 aromatic heterocycles. The van der Waals surface area contributed by atoms with Crippen molar-refractivity contribution in [3.8, 4) is 0 Å². The minimum atomic E-state index is -0.300. The molecular weight excluding hydrogens is 299 g/mol. The number of benzene rings is 1. The Balaban J connectivity index is 1.69. The molecule has 1 fully saturated rings. The van der Waals surface area contributed by atoms with Gasteiger partial charge in [0.05, 0.1) is 13.1 Å². The average Bonchev–Trinajstić information content (AvgIpc) is 2.55. The molecule has 23 heavy (non-hydrogen) atoms. The number of rotatable bonds is 6. The highest BCUT2D eigenvalue weighted by molar-refractivity contribution is 5.81. The van der Waals surface area contributed by atoms with Crippen LogP contribution < -0.4 is 10.6 Å². The summed E-state index contributed by atoms with van der Waals surface area (Å²) < 4.78 is 12.8. The molecule has 7 heteroatoms. The molecule has 0 spiro atoms. The fourth-order valence-electron chi connectivity index (χ4n) is 2.40. The number of hydrogen-bond donors (Lipinski definition) is 2. The van der Waals surface area contributed by atoms with Crippen molar-refractivity contribution < 1.29 is 14.0 Å². The maximum Gasteiger partial charge on any atom is 0.236 e. The number of likely N-dealkylation sites (N-methyl/N-ethyl adjacent to an activating group) is 1. The summed E-state index contributed by atoms with van der Waals surface area (Å²) in [5, 5.41) is 5.96. The zero-order chi connectivity index (χ0) is 16.7. The number of nitrogens with zero attached hydrogens (tertiary/aromatic N) is 2. The third-order valence-electron chi connectivity index (χ3n) is 3.69. The second-order valence-corrected chi connectivity index (χ2v) is 5.71. The largest absolute Gasteiger partial charge is 0.351 e. The van der Waals surface area contributed by atoms with Crippen molar-refractivity contribution in [2.24, 2.45) is 0 Å². The summed E-state index contributed by atoms with van der Waals surface area (Å²) in [7, 11) is 1.75. The third kappa shape index (κ3) is 5.96. The number of hydrogen-bond acceptors (Lipinski definition) is 4. The van der Waals surface area contributed by atoms with Gasteiger partial charge in [-0.05, 0) is 24.7 Å². The molecule has 126 valence electrons. The number of carbonyl (C=O) groups is 2. The van der Waals surface area contributed by atoms with E-state index in [1.165, 1.54) is 12.1 Å². The van der Waals surface area contributed by atoms with E-state index in [1.807, 2.05) is 4.90 Å². The van der Waals surface area contributed by atoms with Gasteiger partial charge in [0.1, 0.15) is 5.82 Å². The predicted molar refractivity (Wildman–Crippen MR) is 85.2 cm³/mol. The summed E-state index contributed by atoms with van der Waals surface area (Å²) in [6.45, 7) is 3.77. The van der Waals surface area contributed by atoms with E-state index in [9.17, 15) is 14.0 Å². The van der Waals surface area contributed by atoms with Crippen molar-refractivity contribution in [1.82, 2.24) is 20.4 Å². The highest BCUT2D eigenvalue weighted by Crippen LogP contribution is 2.02. The zero-order valence-corrected chi connectivity index (χ0v) is 13.3. The van der Waals surface area contributed by atoms with E-state index in [0.717, 1.165) is 18.7 Å². The Morgan fingerprint density at radius 1 is 1.22 bits per heavy atom. The molecule has 2 rings (SSSR count). The maximum absolute atomic E-state index is 12.8. The van der Waals surface area contributed by atoms with Crippen LogP contribution in [0, 0.1) is 5.82 Å². The van der Waals surface area contributed by atoms with E-state index in [-0.39, 0.29) is 30.7 Å². The molecule has 2 N–H and O–H groups in total. The van der Waals surface area contributed by atoms with Gasteiger partial charge < -0.3 is 15.5 Å². The molecule has 0 saturated carbocycles. The molecule has 1 aliphatic heterocycles. The average molecular weight is 322 g/mol. The molecule has 1 aromatic rings.